The van der Waals surface area contributed by atoms with Crippen molar-refractivity contribution in [2.24, 2.45) is 5.92 Å². The van der Waals surface area contributed by atoms with Gasteiger partial charge in [-0.2, -0.15) is 0 Å². The van der Waals surface area contributed by atoms with Crippen molar-refractivity contribution in [3.8, 4) is 0 Å². The number of allylic oxidation sites excluding steroid dienone is 2. The van der Waals surface area contributed by atoms with E-state index in [1.165, 1.54) is 0 Å². The summed E-state index contributed by atoms with van der Waals surface area (Å²) >= 11 is 0. The molecule has 2 atom stereocenters. The highest BCUT2D eigenvalue weighted by molar-refractivity contribution is 5.93. The first kappa shape index (κ1) is 19.9. The van der Waals surface area contributed by atoms with Gasteiger partial charge in [0.2, 0.25) is 5.91 Å². The molecule has 0 heterocycles. The Morgan fingerprint density at radius 1 is 0.833 bits per heavy atom. The van der Waals surface area contributed by atoms with Crippen molar-refractivity contribution in [3.63, 3.8) is 0 Å². The smallest absolute Gasteiger partial charge is 0.228 e. The molecule has 3 aromatic rings. The van der Waals surface area contributed by atoms with E-state index in [1.807, 2.05) is 109 Å². The number of aliphatic hydroxyl groups is 1. The predicted molar refractivity (Wildman–Crippen MR) is 121 cm³/mol. The second-order valence-electron chi connectivity index (χ2n) is 7.55. The van der Waals surface area contributed by atoms with Crippen LogP contribution in [0.5, 0.6) is 0 Å². The molecule has 4 rings (SSSR count). The van der Waals surface area contributed by atoms with Gasteiger partial charge in [0.05, 0.1) is 6.54 Å². The molecule has 0 spiro atoms. The van der Waals surface area contributed by atoms with Crippen molar-refractivity contribution in [1.82, 2.24) is 0 Å². The highest BCUT2D eigenvalue weighted by atomic mass is 16.3. The number of carbonyl (C=O) groups is 1. The maximum Gasteiger partial charge on any atom is 0.228 e. The summed E-state index contributed by atoms with van der Waals surface area (Å²) in [6.07, 6.45) is 7.65. The van der Waals surface area contributed by atoms with Gasteiger partial charge in [-0.1, -0.05) is 97.1 Å². The predicted octanol–water partition coefficient (Wildman–Crippen LogP) is 5.24. The molecule has 30 heavy (non-hydrogen) atoms. The lowest BCUT2D eigenvalue weighted by Crippen LogP contribution is -2.39. The van der Waals surface area contributed by atoms with E-state index >= 15 is 0 Å². The Hall–Kier alpha value is -3.43. The average Bonchev–Trinajstić information content (AvgIpc) is 2.81. The zero-order valence-electron chi connectivity index (χ0n) is 16.8. The number of carbonyl (C=O) groups excluding carboxylic acids is 1. The lowest BCUT2D eigenvalue weighted by atomic mass is 9.76. The third kappa shape index (κ3) is 4.27. The van der Waals surface area contributed by atoms with Crippen LogP contribution >= 0.6 is 0 Å². The molecule has 3 aromatic carbocycles. The van der Waals surface area contributed by atoms with Crippen LogP contribution < -0.4 is 4.90 Å². The van der Waals surface area contributed by atoms with E-state index < -0.39 is 5.60 Å². The lowest BCUT2D eigenvalue weighted by Gasteiger charge is -2.35. The minimum atomic E-state index is -1.21. The van der Waals surface area contributed by atoms with Crippen LogP contribution in [0.4, 0.5) is 5.69 Å². The van der Waals surface area contributed by atoms with Gasteiger partial charge in [0.25, 0.3) is 0 Å². The van der Waals surface area contributed by atoms with E-state index in [1.54, 1.807) is 11.0 Å². The molecule has 0 aliphatic heterocycles. The first-order chi connectivity index (χ1) is 14.7. The zero-order chi connectivity index (χ0) is 20.8. The minimum absolute atomic E-state index is 0.0237. The first-order valence-corrected chi connectivity index (χ1v) is 10.2. The number of anilines is 1. The molecule has 3 nitrogen and oxygen atoms in total. The van der Waals surface area contributed by atoms with Crippen LogP contribution in [0.15, 0.2) is 115 Å². The second kappa shape index (κ2) is 8.93. The average molecular weight is 396 g/mol. The fourth-order valence-electron chi connectivity index (χ4n) is 3.91. The lowest BCUT2D eigenvalue weighted by molar-refractivity contribution is -0.121. The number of nitrogens with zero attached hydrogens (tertiary/aromatic N) is 1. The SMILES string of the molecule is O=C(CC1C=CC=CC1(O)c1ccccc1)N(Cc1ccccc1)c1ccccc1. The van der Waals surface area contributed by atoms with Crippen LogP contribution in [0.2, 0.25) is 0 Å². The summed E-state index contributed by atoms with van der Waals surface area (Å²) in [5.74, 6) is -0.372. The van der Waals surface area contributed by atoms with E-state index in [4.69, 9.17) is 0 Å². The Bertz CT molecular complexity index is 1030. The summed E-state index contributed by atoms with van der Waals surface area (Å²) in [5.41, 5.74) is 1.50. The fraction of sp³-hybridized carbons (Fsp3) is 0.148. The van der Waals surface area contributed by atoms with Crippen molar-refractivity contribution < 1.29 is 9.90 Å². The largest absolute Gasteiger partial charge is 0.380 e. The van der Waals surface area contributed by atoms with Gasteiger partial charge in [-0.05, 0) is 29.3 Å². The number of rotatable bonds is 6. The van der Waals surface area contributed by atoms with Crippen LogP contribution in [0.3, 0.4) is 0 Å². The van der Waals surface area contributed by atoms with Crippen LogP contribution in [0, 0.1) is 5.92 Å². The van der Waals surface area contributed by atoms with Gasteiger partial charge in [-0.15, -0.1) is 0 Å². The molecule has 0 fully saturated rings. The van der Waals surface area contributed by atoms with E-state index in [-0.39, 0.29) is 18.2 Å². The molecule has 0 saturated carbocycles. The molecule has 1 aliphatic rings. The van der Waals surface area contributed by atoms with E-state index in [2.05, 4.69) is 0 Å². The summed E-state index contributed by atoms with van der Waals surface area (Å²) in [6, 6.07) is 29.2. The summed E-state index contributed by atoms with van der Waals surface area (Å²) in [7, 11) is 0. The standard InChI is InChI=1S/C27H25NO2/c29-26(20-24-16-10-11-19-27(24,30)23-14-6-2-7-15-23)28(25-17-8-3-9-18-25)21-22-12-4-1-5-13-22/h1-19,24,30H,20-21H2. The minimum Gasteiger partial charge on any atom is -0.380 e. The van der Waals surface area contributed by atoms with Crippen LogP contribution in [0.1, 0.15) is 17.5 Å². The Morgan fingerprint density at radius 3 is 2.10 bits per heavy atom. The summed E-state index contributed by atoms with van der Waals surface area (Å²) < 4.78 is 0. The normalized spacial score (nSPS) is 20.1. The Morgan fingerprint density at radius 2 is 1.43 bits per heavy atom. The quantitative estimate of drug-likeness (QED) is 0.620. The van der Waals surface area contributed by atoms with E-state index in [0.29, 0.717) is 6.54 Å². The van der Waals surface area contributed by atoms with Gasteiger partial charge in [-0.25, -0.2) is 0 Å². The number of amides is 1. The van der Waals surface area contributed by atoms with Crippen molar-refractivity contribution in [2.45, 2.75) is 18.6 Å². The molecular formula is C27H25NO2. The van der Waals surface area contributed by atoms with Crippen molar-refractivity contribution in [2.75, 3.05) is 4.90 Å². The number of hydrogen-bond donors (Lipinski definition) is 1. The molecule has 1 aliphatic carbocycles. The number of hydrogen-bond acceptors (Lipinski definition) is 2. The van der Waals surface area contributed by atoms with Crippen LogP contribution in [0.25, 0.3) is 0 Å². The van der Waals surface area contributed by atoms with Gasteiger partial charge in [-0.3, -0.25) is 4.79 Å². The van der Waals surface area contributed by atoms with Crippen molar-refractivity contribution in [1.29, 1.82) is 0 Å². The van der Waals surface area contributed by atoms with E-state index in [0.717, 1.165) is 16.8 Å². The third-order valence-electron chi connectivity index (χ3n) is 5.55. The summed E-state index contributed by atoms with van der Waals surface area (Å²) in [6.45, 7) is 0.486. The molecule has 1 N–H and O–H groups in total. The maximum atomic E-state index is 13.5. The molecule has 150 valence electrons. The monoisotopic (exact) mass is 395 g/mol. The third-order valence-corrected chi connectivity index (χ3v) is 5.55. The molecular weight excluding hydrogens is 370 g/mol. The first-order valence-electron chi connectivity index (χ1n) is 10.2. The highest BCUT2D eigenvalue weighted by Crippen LogP contribution is 2.37. The molecule has 0 radical (unpaired) electrons. The van der Waals surface area contributed by atoms with Crippen LogP contribution in [-0.4, -0.2) is 11.0 Å². The molecule has 2 unspecified atom stereocenters. The maximum absolute atomic E-state index is 13.5. The Kier molecular flexibility index (Phi) is 5.92. The second-order valence-corrected chi connectivity index (χ2v) is 7.55. The van der Waals surface area contributed by atoms with Gasteiger partial charge >= 0.3 is 0 Å². The fourth-order valence-corrected chi connectivity index (χ4v) is 3.91. The van der Waals surface area contributed by atoms with Gasteiger partial charge in [0, 0.05) is 18.0 Å². The van der Waals surface area contributed by atoms with Crippen molar-refractivity contribution >= 4 is 11.6 Å². The molecule has 1 amide bonds. The van der Waals surface area contributed by atoms with Crippen LogP contribution in [-0.2, 0) is 16.9 Å². The number of para-hydroxylation sites is 1. The summed E-state index contributed by atoms with van der Waals surface area (Å²) in [5, 5.41) is 11.5. The highest BCUT2D eigenvalue weighted by Gasteiger charge is 2.37. The topological polar surface area (TPSA) is 40.5 Å². The van der Waals surface area contributed by atoms with E-state index in [9.17, 15) is 9.90 Å². The summed E-state index contributed by atoms with van der Waals surface area (Å²) in [4.78, 5) is 15.3. The molecule has 0 aromatic heterocycles. The zero-order valence-corrected chi connectivity index (χ0v) is 16.8. The van der Waals surface area contributed by atoms with Crippen molar-refractivity contribution in [3.05, 3.63) is 126 Å². The Labute approximate surface area is 177 Å². The van der Waals surface area contributed by atoms with Gasteiger partial charge in [0.1, 0.15) is 5.60 Å². The van der Waals surface area contributed by atoms with Gasteiger partial charge < -0.3 is 10.0 Å². The Balaban J connectivity index is 1.61. The number of benzene rings is 3. The molecule has 0 saturated heterocycles. The molecule has 0 bridgehead atoms. The van der Waals surface area contributed by atoms with Gasteiger partial charge in [0.15, 0.2) is 0 Å². The molecule has 3 heteroatoms.